The van der Waals surface area contributed by atoms with E-state index in [0.29, 0.717) is 19.7 Å². The van der Waals surface area contributed by atoms with E-state index in [4.69, 9.17) is 18.9 Å². The van der Waals surface area contributed by atoms with Crippen LogP contribution in [0, 0.1) is 5.92 Å². The number of nitrogens with zero attached hydrogens (tertiary/aromatic N) is 2. The third-order valence-corrected chi connectivity index (χ3v) is 5.18. The van der Waals surface area contributed by atoms with Crippen LogP contribution in [0.15, 0.2) is 30.3 Å². The maximum atomic E-state index is 12.4. The fourth-order valence-electron chi connectivity index (χ4n) is 3.51. The molecule has 3 atom stereocenters. The number of hydrogen-bond acceptors (Lipinski definition) is 7. The summed E-state index contributed by atoms with van der Waals surface area (Å²) in [6.45, 7) is 8.36. The van der Waals surface area contributed by atoms with Crippen LogP contribution < -0.4 is 0 Å². The fraction of sp³-hybridized carbons (Fsp3) is 0.625. The number of likely N-dealkylation sites (N-methyl/N-ethyl adjacent to an activating group) is 1. The van der Waals surface area contributed by atoms with E-state index < -0.39 is 35.7 Å². The van der Waals surface area contributed by atoms with Crippen molar-refractivity contribution in [3.63, 3.8) is 0 Å². The Morgan fingerprint density at radius 3 is 2.53 bits per heavy atom. The Labute approximate surface area is 200 Å². The minimum Gasteiger partial charge on any atom is -0.480 e. The van der Waals surface area contributed by atoms with Gasteiger partial charge in [-0.15, -0.1) is 0 Å². The number of hydrogen-bond donors (Lipinski definition) is 1. The summed E-state index contributed by atoms with van der Waals surface area (Å²) in [6, 6.07) is 8.31. The molecule has 1 N–H and O–H groups in total. The average Bonchev–Trinajstić information content (AvgIpc) is 2.77. The highest BCUT2D eigenvalue weighted by Crippen LogP contribution is 2.17. The van der Waals surface area contributed by atoms with Crippen LogP contribution in [-0.2, 0) is 30.3 Å². The lowest BCUT2D eigenvalue weighted by Crippen LogP contribution is -2.50. The normalized spacial score (nSPS) is 18.0. The van der Waals surface area contributed by atoms with Gasteiger partial charge < -0.3 is 29.0 Å². The van der Waals surface area contributed by atoms with Crippen molar-refractivity contribution in [2.45, 2.75) is 52.0 Å². The van der Waals surface area contributed by atoms with Gasteiger partial charge in [0.25, 0.3) is 0 Å². The van der Waals surface area contributed by atoms with Gasteiger partial charge >= 0.3 is 18.2 Å². The van der Waals surface area contributed by atoms with E-state index in [1.165, 1.54) is 7.05 Å². The molecular weight excluding hydrogens is 444 g/mol. The molecule has 2 amide bonds. The van der Waals surface area contributed by atoms with Crippen molar-refractivity contribution >= 4 is 18.2 Å². The minimum absolute atomic E-state index is 0.0857. The number of carboxylic acids is 1. The summed E-state index contributed by atoms with van der Waals surface area (Å²) >= 11 is 0. The molecule has 0 bridgehead atoms. The molecule has 190 valence electrons. The molecule has 0 aliphatic carbocycles. The summed E-state index contributed by atoms with van der Waals surface area (Å²) in [5.74, 6) is -1.66. The van der Waals surface area contributed by atoms with Crippen molar-refractivity contribution in [2.24, 2.45) is 5.92 Å². The first-order chi connectivity index (χ1) is 16.0. The Hall–Kier alpha value is -2.85. The first-order valence-electron chi connectivity index (χ1n) is 11.3. The molecule has 0 radical (unpaired) electrons. The number of carbonyl (C=O) groups is 3. The summed E-state index contributed by atoms with van der Waals surface area (Å²) in [4.78, 5) is 39.2. The summed E-state index contributed by atoms with van der Waals surface area (Å²) < 4.78 is 22.0. The molecule has 1 saturated heterocycles. The van der Waals surface area contributed by atoms with E-state index in [0.717, 1.165) is 10.5 Å². The van der Waals surface area contributed by atoms with Crippen LogP contribution in [0.5, 0.6) is 0 Å². The van der Waals surface area contributed by atoms with Gasteiger partial charge in [0.05, 0.1) is 32.5 Å². The topological polar surface area (TPSA) is 115 Å². The molecule has 0 unspecified atom stereocenters. The molecule has 1 heterocycles. The Kier molecular flexibility index (Phi) is 10.1. The molecule has 1 aliphatic heterocycles. The SMILES string of the molecule is C[C@H](COC[C@@H]1CN(C(=O)OCc2ccccc2)CCO1)[C@@H](C(=O)O)N(C)C(=O)OC(C)(C)C. The number of benzene rings is 1. The lowest BCUT2D eigenvalue weighted by molar-refractivity contribution is -0.146. The third kappa shape index (κ3) is 8.83. The molecular formula is C24H36N2O8. The van der Waals surface area contributed by atoms with Gasteiger partial charge in [-0.25, -0.2) is 14.4 Å². The number of morpholine rings is 1. The minimum atomic E-state index is -1.15. The molecule has 1 fully saturated rings. The van der Waals surface area contributed by atoms with E-state index in [9.17, 15) is 19.5 Å². The highest BCUT2D eigenvalue weighted by Gasteiger charge is 2.35. The second-order valence-corrected chi connectivity index (χ2v) is 9.37. The first-order valence-corrected chi connectivity index (χ1v) is 11.3. The van der Waals surface area contributed by atoms with Crippen LogP contribution in [0.4, 0.5) is 9.59 Å². The largest absolute Gasteiger partial charge is 0.480 e. The van der Waals surface area contributed by atoms with Gasteiger partial charge in [0.1, 0.15) is 18.2 Å². The van der Waals surface area contributed by atoms with Crippen molar-refractivity contribution in [1.29, 1.82) is 0 Å². The van der Waals surface area contributed by atoms with Crippen LogP contribution in [0.3, 0.4) is 0 Å². The van der Waals surface area contributed by atoms with Crippen LogP contribution in [0.1, 0.15) is 33.3 Å². The van der Waals surface area contributed by atoms with Crippen LogP contribution in [0.25, 0.3) is 0 Å². The highest BCUT2D eigenvalue weighted by atomic mass is 16.6. The fourth-order valence-corrected chi connectivity index (χ4v) is 3.51. The van der Waals surface area contributed by atoms with Crippen molar-refractivity contribution in [3.8, 4) is 0 Å². The first kappa shape index (κ1) is 27.4. The molecule has 1 aromatic carbocycles. The zero-order chi connectivity index (χ0) is 25.3. The Bertz CT molecular complexity index is 811. The summed E-state index contributed by atoms with van der Waals surface area (Å²) in [7, 11) is 1.40. The second kappa shape index (κ2) is 12.6. The van der Waals surface area contributed by atoms with E-state index in [2.05, 4.69) is 0 Å². The number of carboxylic acid groups (broad SMARTS) is 1. The van der Waals surface area contributed by atoms with Crippen molar-refractivity contribution < 1.29 is 38.4 Å². The van der Waals surface area contributed by atoms with Gasteiger partial charge in [0.2, 0.25) is 0 Å². The van der Waals surface area contributed by atoms with Gasteiger partial charge in [-0.05, 0) is 26.3 Å². The van der Waals surface area contributed by atoms with Crippen molar-refractivity contribution in [1.82, 2.24) is 9.80 Å². The molecule has 34 heavy (non-hydrogen) atoms. The van der Waals surface area contributed by atoms with Gasteiger partial charge in [0, 0.05) is 19.5 Å². The standard InChI is InChI=1S/C24H36N2O8/c1-17(20(21(27)28)25(5)22(29)34-24(2,3)4)14-31-16-19-13-26(11-12-32-19)23(30)33-15-18-9-7-6-8-10-18/h6-10,17,19-20H,11-16H2,1-5H3,(H,27,28)/t17-,19+,20+/m1/s1. The molecule has 1 aromatic rings. The van der Waals surface area contributed by atoms with Crippen LogP contribution >= 0.6 is 0 Å². The summed E-state index contributed by atoms with van der Waals surface area (Å²) in [5, 5.41) is 9.65. The van der Waals surface area contributed by atoms with Crippen molar-refractivity contribution in [2.75, 3.05) is 40.0 Å². The number of amides is 2. The van der Waals surface area contributed by atoms with Gasteiger partial charge in [-0.2, -0.15) is 0 Å². The lowest BCUT2D eigenvalue weighted by atomic mass is 10.0. The number of rotatable bonds is 9. The molecule has 1 aliphatic rings. The Balaban J connectivity index is 1.80. The average molecular weight is 481 g/mol. The molecule has 10 nitrogen and oxygen atoms in total. The highest BCUT2D eigenvalue weighted by molar-refractivity contribution is 5.80. The monoisotopic (exact) mass is 480 g/mol. The molecule has 2 rings (SSSR count). The smallest absolute Gasteiger partial charge is 0.410 e. The number of ether oxygens (including phenoxy) is 4. The molecule has 0 aromatic heterocycles. The Morgan fingerprint density at radius 2 is 1.91 bits per heavy atom. The predicted octanol–water partition coefficient (Wildman–Crippen LogP) is 3.00. The zero-order valence-electron chi connectivity index (χ0n) is 20.6. The summed E-state index contributed by atoms with van der Waals surface area (Å²) in [6.07, 6.45) is -1.50. The molecule has 10 heteroatoms. The van der Waals surface area contributed by atoms with Gasteiger partial charge in [0.15, 0.2) is 0 Å². The van der Waals surface area contributed by atoms with E-state index >= 15 is 0 Å². The zero-order valence-corrected chi connectivity index (χ0v) is 20.6. The molecule has 0 saturated carbocycles. The lowest BCUT2D eigenvalue weighted by Gasteiger charge is -2.33. The number of carbonyl (C=O) groups excluding carboxylic acids is 2. The predicted molar refractivity (Wildman–Crippen MR) is 123 cm³/mol. The van der Waals surface area contributed by atoms with E-state index in [1.807, 2.05) is 30.3 Å². The van der Waals surface area contributed by atoms with E-state index in [-0.39, 0.29) is 25.9 Å². The Morgan fingerprint density at radius 1 is 1.24 bits per heavy atom. The summed E-state index contributed by atoms with van der Waals surface area (Å²) in [5.41, 5.74) is 0.169. The van der Waals surface area contributed by atoms with Crippen molar-refractivity contribution in [3.05, 3.63) is 35.9 Å². The van der Waals surface area contributed by atoms with E-state index in [1.54, 1.807) is 32.6 Å². The van der Waals surface area contributed by atoms with Gasteiger partial charge in [-0.1, -0.05) is 37.3 Å². The van der Waals surface area contributed by atoms with Crippen LogP contribution in [0.2, 0.25) is 0 Å². The maximum absolute atomic E-state index is 12.4. The maximum Gasteiger partial charge on any atom is 0.410 e. The quantitative estimate of drug-likeness (QED) is 0.574. The second-order valence-electron chi connectivity index (χ2n) is 9.37. The van der Waals surface area contributed by atoms with Gasteiger partial charge in [-0.3, -0.25) is 4.90 Å². The molecule has 0 spiro atoms. The number of aliphatic carboxylic acids is 1. The van der Waals surface area contributed by atoms with Crippen LogP contribution in [-0.4, -0.2) is 90.8 Å². The third-order valence-electron chi connectivity index (χ3n) is 5.18.